The van der Waals surface area contributed by atoms with Crippen molar-refractivity contribution in [3.8, 4) is 11.1 Å². The maximum atomic E-state index is 15.3. The first kappa shape index (κ1) is 24.1. The lowest BCUT2D eigenvalue weighted by Gasteiger charge is -2.36. The van der Waals surface area contributed by atoms with Crippen molar-refractivity contribution in [2.45, 2.75) is 64.1 Å². The molecule has 2 aromatic rings. The van der Waals surface area contributed by atoms with E-state index in [4.69, 9.17) is 9.47 Å². The molecule has 0 radical (unpaired) electrons. The number of fused-ring (bicyclic) bond motifs is 3. The van der Waals surface area contributed by atoms with E-state index in [1.165, 1.54) is 24.3 Å². The lowest BCUT2D eigenvalue weighted by molar-refractivity contribution is -0.227. The summed E-state index contributed by atoms with van der Waals surface area (Å²) in [5, 5.41) is 0. The van der Waals surface area contributed by atoms with Gasteiger partial charge in [-0.1, -0.05) is 44.5 Å². The predicted octanol–water partition coefficient (Wildman–Crippen LogP) is 7.11. The van der Waals surface area contributed by atoms with Gasteiger partial charge in [-0.2, -0.15) is 17.6 Å². The zero-order chi connectivity index (χ0) is 24.0. The minimum absolute atomic E-state index is 0.0583. The van der Waals surface area contributed by atoms with E-state index in [1.54, 1.807) is 6.92 Å². The summed E-state index contributed by atoms with van der Waals surface area (Å²) in [6, 6.07) is 5.00. The summed E-state index contributed by atoms with van der Waals surface area (Å²) in [7, 11) is 0. The van der Waals surface area contributed by atoms with Crippen LogP contribution in [0.4, 0.5) is 26.3 Å². The summed E-state index contributed by atoms with van der Waals surface area (Å²) in [4.78, 5) is 0. The Morgan fingerprint density at radius 1 is 0.788 bits per heavy atom. The van der Waals surface area contributed by atoms with Gasteiger partial charge in [0.1, 0.15) is 11.6 Å². The molecule has 0 N–H and O–H groups in total. The number of benzene rings is 2. The van der Waals surface area contributed by atoms with Crippen molar-refractivity contribution >= 4 is 0 Å². The van der Waals surface area contributed by atoms with Gasteiger partial charge in [0.2, 0.25) is 0 Å². The summed E-state index contributed by atoms with van der Waals surface area (Å²) >= 11 is 0. The van der Waals surface area contributed by atoms with E-state index in [-0.39, 0.29) is 36.2 Å². The monoisotopic (exact) mass is 472 g/mol. The second-order valence-electron chi connectivity index (χ2n) is 8.73. The van der Waals surface area contributed by atoms with Crippen molar-refractivity contribution in [2.75, 3.05) is 13.2 Å². The molecule has 1 aliphatic carbocycles. The van der Waals surface area contributed by atoms with E-state index < -0.39 is 45.7 Å². The summed E-state index contributed by atoms with van der Waals surface area (Å²) < 4.78 is 101. The molecule has 1 saturated heterocycles. The molecule has 2 aliphatic rings. The second kappa shape index (κ2) is 8.95. The minimum atomic E-state index is -4.90. The van der Waals surface area contributed by atoms with Crippen LogP contribution in [0.2, 0.25) is 0 Å². The molecule has 33 heavy (non-hydrogen) atoms. The van der Waals surface area contributed by atoms with E-state index in [0.717, 1.165) is 0 Å². The van der Waals surface area contributed by atoms with Crippen LogP contribution >= 0.6 is 0 Å². The first-order valence-electron chi connectivity index (χ1n) is 11.3. The molecule has 0 aromatic heterocycles. The number of hydrogen-bond donors (Lipinski definition) is 0. The number of ether oxygens (including phenoxy) is 2. The van der Waals surface area contributed by atoms with Gasteiger partial charge in [-0.15, -0.1) is 0 Å². The van der Waals surface area contributed by atoms with Gasteiger partial charge in [-0.25, -0.2) is 8.78 Å². The third kappa shape index (κ3) is 3.95. The van der Waals surface area contributed by atoms with Crippen molar-refractivity contribution < 1.29 is 35.8 Å². The molecule has 1 heterocycles. The van der Waals surface area contributed by atoms with Gasteiger partial charge in [0.05, 0.1) is 24.3 Å². The van der Waals surface area contributed by atoms with Crippen LogP contribution in [0.25, 0.3) is 11.1 Å². The van der Waals surface area contributed by atoms with Gasteiger partial charge in [-0.3, -0.25) is 0 Å². The van der Waals surface area contributed by atoms with E-state index >= 15 is 22.0 Å². The van der Waals surface area contributed by atoms with Gasteiger partial charge in [0, 0.05) is 5.92 Å². The van der Waals surface area contributed by atoms with Crippen LogP contribution in [-0.2, 0) is 34.2 Å². The average Bonchev–Trinajstić information content (AvgIpc) is 2.78. The van der Waals surface area contributed by atoms with Gasteiger partial charge >= 0.3 is 11.8 Å². The number of alkyl halides is 4. The zero-order valence-electron chi connectivity index (χ0n) is 18.5. The highest BCUT2D eigenvalue weighted by atomic mass is 19.3. The van der Waals surface area contributed by atoms with E-state index in [2.05, 4.69) is 0 Å². The number of halogens is 6. The molecular weight excluding hydrogens is 446 g/mol. The molecule has 1 aliphatic heterocycles. The van der Waals surface area contributed by atoms with Crippen LogP contribution in [0.15, 0.2) is 24.3 Å². The number of hydrogen-bond acceptors (Lipinski definition) is 2. The Balaban J connectivity index is 1.71. The number of rotatable bonds is 6. The highest BCUT2D eigenvalue weighted by Gasteiger charge is 2.65. The molecule has 0 bridgehead atoms. The normalized spacial score (nSPS) is 23.2. The van der Waals surface area contributed by atoms with Gasteiger partial charge in [0.15, 0.2) is 6.29 Å². The lowest BCUT2D eigenvalue weighted by atomic mass is 9.78. The van der Waals surface area contributed by atoms with E-state index in [1.807, 2.05) is 6.92 Å². The Morgan fingerprint density at radius 2 is 1.27 bits per heavy atom. The highest BCUT2D eigenvalue weighted by Crippen LogP contribution is 2.59. The Hall–Kier alpha value is -2.06. The second-order valence-corrected chi connectivity index (χ2v) is 8.73. The Kier molecular flexibility index (Phi) is 6.53. The molecule has 2 nitrogen and oxygen atoms in total. The molecule has 1 fully saturated rings. The third-order valence-electron chi connectivity index (χ3n) is 6.47. The van der Waals surface area contributed by atoms with Crippen molar-refractivity contribution in [2.24, 2.45) is 5.92 Å². The molecule has 0 amide bonds. The third-order valence-corrected chi connectivity index (χ3v) is 6.47. The molecule has 0 unspecified atom stereocenters. The molecule has 180 valence electrons. The van der Waals surface area contributed by atoms with Crippen LogP contribution in [0, 0.1) is 17.6 Å². The quantitative estimate of drug-likeness (QED) is 0.417. The van der Waals surface area contributed by atoms with Crippen molar-refractivity contribution in [3.63, 3.8) is 0 Å². The summed E-state index contributed by atoms with van der Waals surface area (Å²) in [5.41, 5.74) is -3.69. The SMILES string of the molecule is CCCc1ccc2c(c1F)C(F)(F)C(F)(F)c1c-2ccc(CCC2COC(CC)OC2)c1F. The molecule has 8 heteroatoms. The van der Waals surface area contributed by atoms with Crippen LogP contribution in [-0.4, -0.2) is 19.5 Å². The lowest BCUT2D eigenvalue weighted by Crippen LogP contribution is -2.41. The molecule has 0 spiro atoms. The predicted molar refractivity (Wildman–Crippen MR) is 111 cm³/mol. The first-order valence-corrected chi connectivity index (χ1v) is 11.3. The maximum absolute atomic E-state index is 15.3. The summed E-state index contributed by atoms with van der Waals surface area (Å²) in [6.45, 7) is 4.43. The number of aryl methyl sites for hydroxylation is 2. The van der Waals surface area contributed by atoms with Crippen molar-refractivity contribution in [3.05, 3.63) is 58.2 Å². The zero-order valence-corrected chi connectivity index (χ0v) is 18.5. The molecule has 0 atom stereocenters. The van der Waals surface area contributed by atoms with E-state index in [0.29, 0.717) is 32.5 Å². The topological polar surface area (TPSA) is 18.5 Å². The van der Waals surface area contributed by atoms with Crippen LogP contribution in [0.1, 0.15) is 55.4 Å². The molecule has 4 rings (SSSR count). The van der Waals surface area contributed by atoms with Crippen molar-refractivity contribution in [1.82, 2.24) is 0 Å². The fourth-order valence-electron chi connectivity index (χ4n) is 4.62. The van der Waals surface area contributed by atoms with E-state index in [9.17, 15) is 4.39 Å². The average molecular weight is 472 g/mol. The van der Waals surface area contributed by atoms with Crippen LogP contribution in [0.3, 0.4) is 0 Å². The largest absolute Gasteiger partial charge is 0.352 e. The Morgan fingerprint density at radius 3 is 1.73 bits per heavy atom. The van der Waals surface area contributed by atoms with Gasteiger partial charge in [0.25, 0.3) is 0 Å². The minimum Gasteiger partial charge on any atom is -0.352 e. The Labute approximate surface area is 188 Å². The fraction of sp³-hybridized carbons (Fsp3) is 0.520. The maximum Gasteiger partial charge on any atom is 0.343 e. The molecular formula is C25H26F6O2. The molecule has 2 aromatic carbocycles. The van der Waals surface area contributed by atoms with Gasteiger partial charge < -0.3 is 9.47 Å². The summed E-state index contributed by atoms with van der Waals surface area (Å²) in [6.07, 6.45) is 1.45. The first-order chi connectivity index (χ1) is 15.6. The highest BCUT2D eigenvalue weighted by molar-refractivity contribution is 5.77. The summed E-state index contributed by atoms with van der Waals surface area (Å²) in [5.74, 6) is -12.6. The van der Waals surface area contributed by atoms with Crippen molar-refractivity contribution in [1.29, 1.82) is 0 Å². The fourth-order valence-corrected chi connectivity index (χ4v) is 4.62. The standard InChI is InChI=1S/C25H26F6O2/c1-3-5-15-8-10-17-18-11-9-16(7-6-14-12-32-19(4-2)33-13-14)23(27)21(18)25(30,31)24(28,29)20(17)22(15)26/h8-11,14,19H,3-7,12-13H2,1-2H3. The van der Waals surface area contributed by atoms with Gasteiger partial charge in [-0.05, 0) is 47.9 Å². The smallest absolute Gasteiger partial charge is 0.343 e. The van der Waals surface area contributed by atoms with Crippen LogP contribution < -0.4 is 0 Å². The Bertz CT molecular complexity index is 1030. The van der Waals surface area contributed by atoms with Crippen LogP contribution in [0.5, 0.6) is 0 Å². The molecule has 0 saturated carbocycles.